The van der Waals surface area contributed by atoms with Crippen LogP contribution in [-0.2, 0) is 14.8 Å². The van der Waals surface area contributed by atoms with Crippen molar-refractivity contribution in [1.82, 2.24) is 5.43 Å². The number of methoxy groups -OCH3 is 1. The van der Waals surface area contributed by atoms with Crippen molar-refractivity contribution in [2.75, 3.05) is 18.0 Å². The van der Waals surface area contributed by atoms with E-state index in [0.29, 0.717) is 28.3 Å². The van der Waals surface area contributed by atoms with E-state index >= 15 is 0 Å². The highest BCUT2D eigenvalue weighted by Gasteiger charge is 2.27. The third kappa shape index (κ3) is 7.12. The average Bonchev–Trinajstić information content (AvgIpc) is 2.98. The molecule has 1 amide bonds. The van der Waals surface area contributed by atoms with Gasteiger partial charge in [0.1, 0.15) is 18.0 Å². The summed E-state index contributed by atoms with van der Waals surface area (Å²) in [5.41, 5.74) is 4.71. The zero-order chi connectivity index (χ0) is 28.5. The monoisotopic (exact) mass is 557 g/mol. The minimum atomic E-state index is -4.08. The van der Waals surface area contributed by atoms with E-state index < -0.39 is 28.4 Å². The van der Waals surface area contributed by atoms with E-state index in [4.69, 9.17) is 9.47 Å². The van der Waals surface area contributed by atoms with Crippen molar-refractivity contribution >= 4 is 33.8 Å². The maximum Gasteiger partial charge on any atom is 0.343 e. The Hall–Kier alpha value is -4.96. The van der Waals surface area contributed by atoms with E-state index in [1.165, 1.54) is 25.5 Å². The summed E-state index contributed by atoms with van der Waals surface area (Å²) in [6.07, 6.45) is 1.40. The van der Waals surface area contributed by atoms with Crippen LogP contribution in [-0.4, -0.2) is 40.2 Å². The lowest BCUT2D eigenvalue weighted by Crippen LogP contribution is -2.39. The van der Waals surface area contributed by atoms with Crippen LogP contribution in [0.15, 0.2) is 113 Å². The maximum absolute atomic E-state index is 13.5. The number of nitrogens with zero attached hydrogens (tertiary/aromatic N) is 2. The molecular weight excluding hydrogens is 530 g/mol. The fourth-order valence-electron chi connectivity index (χ4n) is 3.61. The van der Waals surface area contributed by atoms with Crippen LogP contribution in [0.1, 0.15) is 21.5 Å². The van der Waals surface area contributed by atoms with Crippen molar-refractivity contribution in [2.45, 2.75) is 11.8 Å². The molecule has 0 saturated carbocycles. The molecule has 0 heterocycles. The number of hydrogen-bond donors (Lipinski definition) is 1. The van der Waals surface area contributed by atoms with Crippen LogP contribution < -0.4 is 19.2 Å². The molecule has 0 radical (unpaired) electrons. The summed E-state index contributed by atoms with van der Waals surface area (Å²) in [5, 5.41) is 3.95. The summed E-state index contributed by atoms with van der Waals surface area (Å²) >= 11 is 0. The van der Waals surface area contributed by atoms with Gasteiger partial charge in [-0.15, -0.1) is 0 Å². The van der Waals surface area contributed by atoms with Crippen LogP contribution in [0.5, 0.6) is 11.5 Å². The van der Waals surface area contributed by atoms with Crippen molar-refractivity contribution in [1.29, 1.82) is 0 Å². The fraction of sp³-hybridized carbons (Fsp3) is 0.100. The van der Waals surface area contributed by atoms with Crippen LogP contribution >= 0.6 is 0 Å². The van der Waals surface area contributed by atoms with E-state index in [0.717, 1.165) is 9.87 Å². The summed E-state index contributed by atoms with van der Waals surface area (Å²) in [6.45, 7) is 1.39. The van der Waals surface area contributed by atoms with Crippen LogP contribution in [0.2, 0.25) is 0 Å². The largest absolute Gasteiger partial charge is 0.497 e. The van der Waals surface area contributed by atoms with Crippen molar-refractivity contribution in [2.24, 2.45) is 5.10 Å². The number of nitrogens with one attached hydrogen (secondary N) is 1. The third-order valence-corrected chi connectivity index (χ3v) is 7.55. The molecule has 4 rings (SSSR count). The molecule has 0 saturated heterocycles. The van der Waals surface area contributed by atoms with Crippen molar-refractivity contribution in [3.8, 4) is 11.5 Å². The lowest BCUT2D eigenvalue weighted by atomic mass is 10.2. The Labute approximate surface area is 232 Å². The maximum atomic E-state index is 13.5. The molecule has 10 heteroatoms. The Morgan fingerprint density at radius 2 is 1.48 bits per heavy atom. The number of rotatable bonds is 10. The SMILES string of the molecule is COc1ccc(S(=O)(=O)N(CC(=O)N/N=C/c2ccc(OC(=O)c3ccccc3)cc2)c2ccc(C)cc2)cc1. The summed E-state index contributed by atoms with van der Waals surface area (Å²) in [6, 6.07) is 27.9. The molecule has 0 aromatic heterocycles. The van der Waals surface area contributed by atoms with E-state index in [2.05, 4.69) is 10.5 Å². The molecule has 204 valence electrons. The molecule has 0 aliphatic rings. The molecule has 0 aliphatic carbocycles. The molecular formula is C30H27N3O6S. The zero-order valence-corrected chi connectivity index (χ0v) is 22.7. The number of sulfonamides is 1. The van der Waals surface area contributed by atoms with Gasteiger partial charge in [-0.05, 0) is 85.3 Å². The lowest BCUT2D eigenvalue weighted by molar-refractivity contribution is -0.119. The average molecular weight is 558 g/mol. The summed E-state index contributed by atoms with van der Waals surface area (Å²) in [5.74, 6) is -0.248. The molecule has 0 unspecified atom stereocenters. The van der Waals surface area contributed by atoms with Crippen molar-refractivity contribution in [3.05, 3.63) is 120 Å². The molecule has 0 atom stereocenters. The Balaban J connectivity index is 1.43. The molecule has 0 fully saturated rings. The molecule has 4 aromatic rings. The highest BCUT2D eigenvalue weighted by molar-refractivity contribution is 7.92. The lowest BCUT2D eigenvalue weighted by Gasteiger charge is -2.24. The second-order valence-corrected chi connectivity index (χ2v) is 10.5. The topological polar surface area (TPSA) is 114 Å². The molecule has 40 heavy (non-hydrogen) atoms. The second kappa shape index (κ2) is 12.7. The fourth-order valence-corrected chi connectivity index (χ4v) is 5.03. The van der Waals surface area contributed by atoms with E-state index in [1.54, 1.807) is 84.9 Å². The van der Waals surface area contributed by atoms with Crippen LogP contribution in [0.25, 0.3) is 0 Å². The number of hydrazone groups is 1. The van der Waals surface area contributed by atoms with E-state index in [1.807, 2.05) is 13.0 Å². The smallest absolute Gasteiger partial charge is 0.343 e. The molecule has 1 N–H and O–H groups in total. The van der Waals surface area contributed by atoms with Gasteiger partial charge in [-0.25, -0.2) is 18.6 Å². The quantitative estimate of drug-likeness (QED) is 0.132. The Bertz CT molecular complexity index is 1590. The predicted octanol–water partition coefficient (Wildman–Crippen LogP) is 4.57. The van der Waals surface area contributed by atoms with Gasteiger partial charge < -0.3 is 9.47 Å². The molecule has 4 aromatic carbocycles. The predicted molar refractivity (Wildman–Crippen MR) is 152 cm³/mol. The first-order valence-electron chi connectivity index (χ1n) is 12.2. The molecule has 9 nitrogen and oxygen atoms in total. The summed E-state index contributed by atoms with van der Waals surface area (Å²) < 4.78 is 38.4. The summed E-state index contributed by atoms with van der Waals surface area (Å²) in [7, 11) is -2.59. The Morgan fingerprint density at radius 1 is 0.850 bits per heavy atom. The minimum absolute atomic E-state index is 0.0123. The number of carbonyl (C=O) groups is 2. The van der Waals surface area contributed by atoms with E-state index in [9.17, 15) is 18.0 Å². The minimum Gasteiger partial charge on any atom is -0.497 e. The second-order valence-electron chi connectivity index (χ2n) is 8.64. The van der Waals surface area contributed by atoms with Gasteiger partial charge in [-0.3, -0.25) is 9.10 Å². The molecule has 0 bridgehead atoms. The number of amides is 1. The number of esters is 1. The molecule has 0 spiro atoms. The Kier molecular flexibility index (Phi) is 8.93. The van der Waals surface area contributed by atoms with Gasteiger partial charge in [0, 0.05) is 0 Å². The standard InChI is InChI=1S/C30H27N3O6S/c1-22-8-12-25(13-9-22)33(40(36,37)28-18-16-26(38-2)17-19-28)21-29(34)32-31-20-23-10-14-27(15-11-23)39-30(35)24-6-4-3-5-7-24/h3-20H,21H2,1-2H3,(H,32,34)/b31-20+. The highest BCUT2D eigenvalue weighted by Crippen LogP contribution is 2.25. The highest BCUT2D eigenvalue weighted by atomic mass is 32.2. The number of benzene rings is 4. The number of aryl methyl sites for hydroxylation is 1. The van der Waals surface area contributed by atoms with Gasteiger partial charge in [0.15, 0.2) is 0 Å². The first-order chi connectivity index (χ1) is 19.3. The summed E-state index contributed by atoms with van der Waals surface area (Å²) in [4.78, 5) is 25.0. The number of carbonyl (C=O) groups excluding carboxylic acids is 2. The zero-order valence-electron chi connectivity index (χ0n) is 21.9. The van der Waals surface area contributed by atoms with Gasteiger partial charge in [-0.2, -0.15) is 5.10 Å². The van der Waals surface area contributed by atoms with Gasteiger partial charge in [0.2, 0.25) is 0 Å². The van der Waals surface area contributed by atoms with Crippen LogP contribution in [0.3, 0.4) is 0 Å². The van der Waals surface area contributed by atoms with E-state index in [-0.39, 0.29) is 4.90 Å². The Morgan fingerprint density at radius 3 is 2.10 bits per heavy atom. The van der Waals surface area contributed by atoms with Gasteiger partial charge >= 0.3 is 5.97 Å². The molecule has 0 aliphatic heterocycles. The number of ether oxygens (including phenoxy) is 2. The first kappa shape index (κ1) is 28.1. The normalized spacial score (nSPS) is 11.2. The first-order valence-corrected chi connectivity index (χ1v) is 13.6. The number of anilines is 1. The van der Waals surface area contributed by atoms with Gasteiger partial charge in [0.25, 0.3) is 15.9 Å². The van der Waals surface area contributed by atoms with Crippen molar-refractivity contribution in [3.63, 3.8) is 0 Å². The van der Waals surface area contributed by atoms with Gasteiger partial charge in [-0.1, -0.05) is 35.9 Å². The van der Waals surface area contributed by atoms with Gasteiger partial charge in [0.05, 0.1) is 29.5 Å². The van der Waals surface area contributed by atoms with Crippen LogP contribution in [0.4, 0.5) is 5.69 Å². The van der Waals surface area contributed by atoms with Crippen LogP contribution in [0, 0.1) is 6.92 Å². The van der Waals surface area contributed by atoms with Crippen molar-refractivity contribution < 1.29 is 27.5 Å². The third-order valence-electron chi connectivity index (χ3n) is 5.76. The number of hydrogen-bond acceptors (Lipinski definition) is 7.